The predicted octanol–water partition coefficient (Wildman–Crippen LogP) is 2.86. The van der Waals surface area contributed by atoms with Crippen molar-refractivity contribution in [3.05, 3.63) is 21.9 Å². The average Bonchev–Trinajstić information content (AvgIpc) is 2.88. The first kappa shape index (κ1) is 13.6. The lowest BCUT2D eigenvalue weighted by Crippen LogP contribution is -2.37. The number of hydrogen-bond donors (Lipinski definition) is 1. The van der Waals surface area contributed by atoms with Crippen LogP contribution in [0.5, 0.6) is 0 Å². The molecule has 0 spiro atoms. The molecule has 2 heterocycles. The van der Waals surface area contributed by atoms with Crippen LogP contribution >= 0.6 is 11.3 Å². The van der Waals surface area contributed by atoms with Gasteiger partial charge in [0.15, 0.2) is 0 Å². The molecule has 0 aliphatic carbocycles. The molecule has 98 valence electrons. The fourth-order valence-corrected chi connectivity index (χ4v) is 3.26. The average molecular weight is 263 g/mol. The zero-order chi connectivity index (χ0) is 13.0. The van der Waals surface area contributed by atoms with E-state index in [9.17, 15) is 0 Å². The molecule has 0 aromatic carbocycles. The van der Waals surface area contributed by atoms with Crippen LogP contribution in [0.3, 0.4) is 0 Å². The van der Waals surface area contributed by atoms with Gasteiger partial charge in [0.05, 0.1) is 6.61 Å². The summed E-state index contributed by atoms with van der Waals surface area (Å²) in [6, 6.07) is 2.09. The lowest BCUT2D eigenvalue weighted by Gasteiger charge is -2.31. The van der Waals surface area contributed by atoms with Crippen LogP contribution in [0, 0.1) is 11.8 Å². The second-order valence-corrected chi connectivity index (χ2v) is 6.37. The lowest BCUT2D eigenvalue weighted by atomic mass is 10.0. The molecular formula is C15H21NOS. The van der Waals surface area contributed by atoms with E-state index in [0.29, 0.717) is 12.0 Å². The predicted molar refractivity (Wildman–Crippen MR) is 76.6 cm³/mol. The Bertz CT molecular complexity index is 453. The minimum atomic E-state index is 0.144. The molecule has 0 amide bonds. The van der Waals surface area contributed by atoms with Crippen LogP contribution in [0.1, 0.15) is 43.6 Å². The summed E-state index contributed by atoms with van der Waals surface area (Å²) in [5, 5.41) is 10.9. The van der Waals surface area contributed by atoms with E-state index < -0.39 is 0 Å². The van der Waals surface area contributed by atoms with E-state index in [2.05, 4.69) is 42.0 Å². The summed E-state index contributed by atoms with van der Waals surface area (Å²) in [6.45, 7) is 6.99. The van der Waals surface area contributed by atoms with Crippen molar-refractivity contribution in [2.75, 3.05) is 13.2 Å². The summed E-state index contributed by atoms with van der Waals surface area (Å²) >= 11 is 1.79. The third-order valence-electron chi connectivity index (χ3n) is 3.61. The molecule has 3 heteroatoms. The second-order valence-electron chi connectivity index (χ2n) is 5.37. The van der Waals surface area contributed by atoms with Crippen molar-refractivity contribution in [3.63, 3.8) is 0 Å². The van der Waals surface area contributed by atoms with Gasteiger partial charge in [-0.1, -0.05) is 11.8 Å². The Morgan fingerprint density at radius 3 is 3.00 bits per heavy atom. The Hall–Kier alpha value is -0.820. The first-order valence-electron chi connectivity index (χ1n) is 6.54. The molecule has 0 radical (unpaired) electrons. The first-order valence-corrected chi connectivity index (χ1v) is 7.42. The largest absolute Gasteiger partial charge is 0.395 e. The monoisotopic (exact) mass is 263 g/mol. The Balaban J connectivity index is 2.06. The van der Waals surface area contributed by atoms with Gasteiger partial charge in [0.1, 0.15) is 0 Å². The number of aliphatic hydroxyl groups excluding tert-OH is 1. The molecule has 0 atom stereocenters. The maximum absolute atomic E-state index is 8.75. The van der Waals surface area contributed by atoms with E-state index in [1.807, 2.05) is 0 Å². The summed E-state index contributed by atoms with van der Waals surface area (Å²) in [6.07, 6.45) is 3.14. The van der Waals surface area contributed by atoms with Crippen LogP contribution in [0.25, 0.3) is 0 Å². The van der Waals surface area contributed by atoms with Crippen LogP contribution in [-0.2, 0) is 6.54 Å². The Morgan fingerprint density at radius 2 is 2.33 bits per heavy atom. The van der Waals surface area contributed by atoms with Crippen LogP contribution in [0.4, 0.5) is 0 Å². The van der Waals surface area contributed by atoms with Gasteiger partial charge in [0, 0.05) is 28.9 Å². The summed E-state index contributed by atoms with van der Waals surface area (Å²) < 4.78 is 0. The van der Waals surface area contributed by atoms with Gasteiger partial charge in [-0.25, -0.2) is 0 Å². The van der Waals surface area contributed by atoms with Gasteiger partial charge in [-0.15, -0.1) is 11.3 Å². The molecule has 1 N–H and O–H groups in total. The Kier molecular flexibility index (Phi) is 4.45. The van der Waals surface area contributed by atoms with Crippen molar-refractivity contribution in [2.24, 2.45) is 0 Å². The van der Waals surface area contributed by atoms with Crippen LogP contribution < -0.4 is 0 Å². The number of nitrogens with zero attached hydrogens (tertiary/aromatic N) is 1. The highest BCUT2D eigenvalue weighted by molar-refractivity contribution is 7.10. The maximum atomic E-state index is 8.75. The smallest absolute Gasteiger partial charge is 0.0540 e. The summed E-state index contributed by atoms with van der Waals surface area (Å²) in [4.78, 5) is 3.91. The number of aliphatic hydroxyl groups is 1. The molecule has 18 heavy (non-hydrogen) atoms. The Morgan fingerprint density at radius 1 is 1.50 bits per heavy atom. The molecule has 1 aromatic rings. The van der Waals surface area contributed by atoms with E-state index in [1.54, 1.807) is 11.3 Å². The minimum Gasteiger partial charge on any atom is -0.395 e. The van der Waals surface area contributed by atoms with Crippen molar-refractivity contribution in [1.82, 2.24) is 4.90 Å². The SMILES string of the molecule is CC1(C)CCCN1Cc1sccc1C#CCCO. The molecule has 0 unspecified atom stereocenters. The third kappa shape index (κ3) is 3.14. The molecule has 0 bridgehead atoms. The van der Waals surface area contributed by atoms with Gasteiger partial charge in [-0.3, -0.25) is 4.90 Å². The number of hydrogen-bond acceptors (Lipinski definition) is 3. The van der Waals surface area contributed by atoms with E-state index in [0.717, 1.165) is 12.1 Å². The van der Waals surface area contributed by atoms with Crippen molar-refractivity contribution >= 4 is 11.3 Å². The highest BCUT2D eigenvalue weighted by atomic mass is 32.1. The molecule has 1 aliphatic heterocycles. The topological polar surface area (TPSA) is 23.5 Å². The fourth-order valence-electron chi connectivity index (χ4n) is 2.42. The van der Waals surface area contributed by atoms with Crippen LogP contribution in [-0.4, -0.2) is 28.7 Å². The van der Waals surface area contributed by atoms with Crippen molar-refractivity contribution in [3.8, 4) is 11.8 Å². The molecule has 2 nitrogen and oxygen atoms in total. The normalized spacial score (nSPS) is 18.6. The molecule has 1 aromatic heterocycles. The van der Waals surface area contributed by atoms with Gasteiger partial charge in [-0.05, 0) is 44.7 Å². The standard InChI is InChI=1S/C15H21NOS/c1-15(2)8-5-9-16(15)12-14-13(7-11-18-14)6-3-4-10-17/h7,11,17H,4-5,8-10,12H2,1-2H3. The van der Waals surface area contributed by atoms with Gasteiger partial charge in [0.25, 0.3) is 0 Å². The molecular weight excluding hydrogens is 242 g/mol. The van der Waals surface area contributed by atoms with E-state index in [-0.39, 0.29) is 6.61 Å². The highest BCUT2D eigenvalue weighted by Gasteiger charge is 2.32. The summed E-state index contributed by atoms with van der Waals surface area (Å²) in [5.41, 5.74) is 1.45. The number of rotatable bonds is 3. The van der Waals surface area contributed by atoms with Gasteiger partial charge < -0.3 is 5.11 Å². The van der Waals surface area contributed by atoms with Gasteiger partial charge in [0.2, 0.25) is 0 Å². The maximum Gasteiger partial charge on any atom is 0.0540 e. The molecule has 1 fully saturated rings. The van der Waals surface area contributed by atoms with Crippen molar-refractivity contribution in [2.45, 2.75) is 45.2 Å². The summed E-state index contributed by atoms with van der Waals surface area (Å²) in [7, 11) is 0. The van der Waals surface area contributed by atoms with E-state index in [4.69, 9.17) is 5.11 Å². The zero-order valence-electron chi connectivity index (χ0n) is 11.2. The molecule has 2 rings (SSSR count). The van der Waals surface area contributed by atoms with Crippen molar-refractivity contribution < 1.29 is 5.11 Å². The summed E-state index contributed by atoms with van der Waals surface area (Å²) in [5.74, 6) is 6.18. The highest BCUT2D eigenvalue weighted by Crippen LogP contribution is 2.31. The Labute approximate surface area is 114 Å². The number of thiophene rings is 1. The zero-order valence-corrected chi connectivity index (χ0v) is 12.0. The number of likely N-dealkylation sites (tertiary alicyclic amines) is 1. The minimum absolute atomic E-state index is 0.144. The van der Waals surface area contributed by atoms with Crippen LogP contribution in [0.15, 0.2) is 11.4 Å². The quantitative estimate of drug-likeness (QED) is 0.848. The van der Waals surface area contributed by atoms with Gasteiger partial charge in [-0.2, -0.15) is 0 Å². The molecule has 1 aliphatic rings. The van der Waals surface area contributed by atoms with E-state index >= 15 is 0 Å². The van der Waals surface area contributed by atoms with Crippen LogP contribution in [0.2, 0.25) is 0 Å². The molecule has 1 saturated heterocycles. The van der Waals surface area contributed by atoms with E-state index in [1.165, 1.54) is 24.3 Å². The first-order chi connectivity index (χ1) is 8.63. The van der Waals surface area contributed by atoms with Gasteiger partial charge >= 0.3 is 0 Å². The second kappa shape index (κ2) is 5.88. The fraction of sp³-hybridized carbons (Fsp3) is 0.600. The molecule has 0 saturated carbocycles. The van der Waals surface area contributed by atoms with Crippen molar-refractivity contribution in [1.29, 1.82) is 0 Å². The lowest BCUT2D eigenvalue weighted by molar-refractivity contribution is 0.168. The third-order valence-corrected chi connectivity index (χ3v) is 4.52.